The van der Waals surface area contributed by atoms with Gasteiger partial charge in [0, 0.05) is 6.07 Å². The third kappa shape index (κ3) is 1.99. The zero-order valence-electron chi connectivity index (χ0n) is 7.38. The Kier molecular flexibility index (Phi) is 3.01. The fraction of sp³-hybridized carbons (Fsp3) is 0.222. The molecule has 1 aromatic carbocycles. The van der Waals surface area contributed by atoms with E-state index in [9.17, 15) is 13.6 Å². The maximum atomic E-state index is 13.2. The lowest BCUT2D eigenvalue weighted by Crippen LogP contribution is -2.05. The highest BCUT2D eigenvalue weighted by molar-refractivity contribution is 5.88. The van der Waals surface area contributed by atoms with Crippen molar-refractivity contribution in [1.29, 1.82) is 0 Å². The molecule has 0 bridgehead atoms. The van der Waals surface area contributed by atoms with Crippen LogP contribution < -0.4 is 4.74 Å². The summed E-state index contributed by atoms with van der Waals surface area (Å²) in [6.07, 6.45) is 0. The van der Waals surface area contributed by atoms with Crippen molar-refractivity contribution in [2.45, 2.75) is 6.92 Å². The Morgan fingerprint density at radius 2 is 2.14 bits per heavy atom. The minimum atomic E-state index is -1.53. The van der Waals surface area contributed by atoms with Gasteiger partial charge >= 0.3 is 5.97 Å². The van der Waals surface area contributed by atoms with Gasteiger partial charge in [-0.05, 0) is 13.0 Å². The van der Waals surface area contributed by atoms with Crippen LogP contribution in [0.1, 0.15) is 17.3 Å². The Bertz CT molecular complexity index is 363. The van der Waals surface area contributed by atoms with E-state index >= 15 is 0 Å². The molecule has 1 rings (SSSR count). The van der Waals surface area contributed by atoms with Crippen LogP contribution in [0.2, 0.25) is 0 Å². The van der Waals surface area contributed by atoms with Crippen LogP contribution in [0, 0.1) is 11.6 Å². The summed E-state index contributed by atoms with van der Waals surface area (Å²) in [5, 5.41) is 8.52. The highest BCUT2D eigenvalue weighted by atomic mass is 19.1. The highest BCUT2D eigenvalue weighted by Crippen LogP contribution is 2.22. The van der Waals surface area contributed by atoms with E-state index < -0.39 is 23.2 Å². The van der Waals surface area contributed by atoms with Crippen LogP contribution in [-0.2, 0) is 0 Å². The van der Waals surface area contributed by atoms with E-state index in [1.54, 1.807) is 6.92 Å². The van der Waals surface area contributed by atoms with Gasteiger partial charge in [-0.15, -0.1) is 0 Å². The molecule has 0 saturated carbocycles. The lowest BCUT2D eigenvalue weighted by molar-refractivity contribution is 0.0690. The van der Waals surface area contributed by atoms with E-state index in [0.717, 1.165) is 6.07 Å². The monoisotopic (exact) mass is 202 g/mol. The SMILES string of the molecule is CCOc1cc(F)cc(C(=O)O)c1F. The minimum Gasteiger partial charge on any atom is -0.491 e. The van der Waals surface area contributed by atoms with Crippen LogP contribution in [-0.4, -0.2) is 17.7 Å². The molecule has 14 heavy (non-hydrogen) atoms. The van der Waals surface area contributed by atoms with Gasteiger partial charge in [0.25, 0.3) is 0 Å². The first-order valence-corrected chi connectivity index (χ1v) is 3.91. The Hall–Kier alpha value is -1.65. The number of carboxylic acids is 1. The van der Waals surface area contributed by atoms with Crippen molar-refractivity contribution < 1.29 is 23.4 Å². The molecule has 1 aromatic rings. The van der Waals surface area contributed by atoms with Crippen LogP contribution in [0.15, 0.2) is 12.1 Å². The van der Waals surface area contributed by atoms with Gasteiger partial charge in [0.05, 0.1) is 6.61 Å². The molecule has 0 aromatic heterocycles. The Labute approximate surface area is 78.9 Å². The highest BCUT2D eigenvalue weighted by Gasteiger charge is 2.17. The number of carbonyl (C=O) groups is 1. The molecule has 0 aliphatic carbocycles. The second kappa shape index (κ2) is 4.04. The summed E-state index contributed by atoms with van der Waals surface area (Å²) in [7, 11) is 0. The molecule has 0 amide bonds. The van der Waals surface area contributed by atoms with Crippen LogP contribution >= 0.6 is 0 Å². The van der Waals surface area contributed by atoms with Gasteiger partial charge in [0.15, 0.2) is 11.6 Å². The predicted octanol–water partition coefficient (Wildman–Crippen LogP) is 2.06. The first-order chi connectivity index (χ1) is 6.56. The fourth-order valence-electron chi connectivity index (χ4n) is 0.980. The van der Waals surface area contributed by atoms with Crippen LogP contribution in [0.4, 0.5) is 8.78 Å². The van der Waals surface area contributed by atoms with E-state index in [0.29, 0.717) is 6.07 Å². The van der Waals surface area contributed by atoms with E-state index in [4.69, 9.17) is 9.84 Å². The lowest BCUT2D eigenvalue weighted by Gasteiger charge is -2.06. The number of hydrogen-bond donors (Lipinski definition) is 1. The topological polar surface area (TPSA) is 46.5 Å². The number of carboxylic acid groups (broad SMARTS) is 1. The normalized spacial score (nSPS) is 9.93. The summed E-state index contributed by atoms with van der Waals surface area (Å²) < 4.78 is 30.7. The molecule has 76 valence electrons. The summed E-state index contributed by atoms with van der Waals surface area (Å²) in [6, 6.07) is 1.42. The van der Waals surface area contributed by atoms with Gasteiger partial charge in [-0.2, -0.15) is 0 Å². The summed E-state index contributed by atoms with van der Waals surface area (Å²) in [5.41, 5.74) is -0.728. The van der Waals surface area contributed by atoms with Crippen molar-refractivity contribution >= 4 is 5.97 Å². The lowest BCUT2D eigenvalue weighted by atomic mass is 10.2. The zero-order valence-corrected chi connectivity index (χ0v) is 7.38. The van der Waals surface area contributed by atoms with Crippen molar-refractivity contribution in [2.75, 3.05) is 6.61 Å². The molecule has 0 atom stereocenters. The number of halogens is 2. The van der Waals surface area contributed by atoms with Crippen molar-refractivity contribution in [3.05, 3.63) is 29.3 Å². The van der Waals surface area contributed by atoms with E-state index in [2.05, 4.69) is 0 Å². The third-order valence-electron chi connectivity index (χ3n) is 1.53. The second-order valence-electron chi connectivity index (χ2n) is 2.50. The summed E-state index contributed by atoms with van der Waals surface area (Å²) in [4.78, 5) is 10.5. The molecule has 0 unspecified atom stereocenters. The largest absolute Gasteiger partial charge is 0.491 e. The van der Waals surface area contributed by atoms with Gasteiger partial charge in [0.1, 0.15) is 11.4 Å². The number of aromatic carboxylic acids is 1. The van der Waals surface area contributed by atoms with Crippen molar-refractivity contribution in [2.24, 2.45) is 0 Å². The maximum Gasteiger partial charge on any atom is 0.338 e. The zero-order chi connectivity index (χ0) is 10.7. The molecule has 0 aliphatic heterocycles. The molecule has 0 saturated heterocycles. The molecule has 1 N–H and O–H groups in total. The minimum absolute atomic E-state index is 0.138. The fourth-order valence-corrected chi connectivity index (χ4v) is 0.980. The van der Waals surface area contributed by atoms with Gasteiger partial charge in [-0.1, -0.05) is 0 Å². The third-order valence-corrected chi connectivity index (χ3v) is 1.53. The molecular weight excluding hydrogens is 194 g/mol. The standard InChI is InChI=1S/C9H8F2O3/c1-2-14-7-4-5(10)3-6(8(7)11)9(12)13/h3-4H,2H2,1H3,(H,12,13). The summed E-state index contributed by atoms with van der Waals surface area (Å²) >= 11 is 0. The molecule has 0 heterocycles. The van der Waals surface area contributed by atoms with Crippen molar-refractivity contribution in [1.82, 2.24) is 0 Å². The quantitative estimate of drug-likeness (QED) is 0.815. The summed E-state index contributed by atoms with van der Waals surface area (Å²) in [5.74, 6) is -3.80. The smallest absolute Gasteiger partial charge is 0.338 e. The van der Waals surface area contributed by atoms with Gasteiger partial charge in [-0.3, -0.25) is 0 Å². The van der Waals surface area contributed by atoms with E-state index in [1.165, 1.54) is 0 Å². The van der Waals surface area contributed by atoms with Gasteiger partial charge < -0.3 is 9.84 Å². The van der Waals surface area contributed by atoms with Gasteiger partial charge in [-0.25, -0.2) is 13.6 Å². The van der Waals surface area contributed by atoms with E-state index in [1.807, 2.05) is 0 Å². The summed E-state index contributed by atoms with van der Waals surface area (Å²) in [6.45, 7) is 1.73. The maximum absolute atomic E-state index is 13.2. The molecule has 0 spiro atoms. The van der Waals surface area contributed by atoms with Crippen LogP contribution in [0.25, 0.3) is 0 Å². The second-order valence-corrected chi connectivity index (χ2v) is 2.50. The first-order valence-electron chi connectivity index (χ1n) is 3.91. The molecule has 3 nitrogen and oxygen atoms in total. The Morgan fingerprint density at radius 1 is 1.50 bits per heavy atom. The Morgan fingerprint density at radius 3 is 2.64 bits per heavy atom. The number of rotatable bonds is 3. The Balaban J connectivity index is 3.24. The predicted molar refractivity (Wildman–Crippen MR) is 44.5 cm³/mol. The molecule has 5 heteroatoms. The van der Waals surface area contributed by atoms with Crippen LogP contribution in [0.5, 0.6) is 5.75 Å². The number of hydrogen-bond acceptors (Lipinski definition) is 2. The van der Waals surface area contributed by atoms with Gasteiger partial charge in [0.2, 0.25) is 0 Å². The molecule has 0 aliphatic rings. The van der Waals surface area contributed by atoms with E-state index in [-0.39, 0.29) is 12.4 Å². The molecule has 0 fully saturated rings. The van der Waals surface area contributed by atoms with Crippen molar-refractivity contribution in [3.8, 4) is 5.75 Å². The molecule has 0 radical (unpaired) electrons. The average molecular weight is 202 g/mol. The number of benzene rings is 1. The van der Waals surface area contributed by atoms with Crippen LogP contribution in [0.3, 0.4) is 0 Å². The average Bonchev–Trinajstić information content (AvgIpc) is 2.10. The first kappa shape index (κ1) is 10.4. The number of ether oxygens (including phenoxy) is 1. The molecular formula is C9H8F2O3. The van der Waals surface area contributed by atoms with Crippen molar-refractivity contribution in [3.63, 3.8) is 0 Å².